The first-order valence-electron chi connectivity index (χ1n) is 7.96. The van der Waals surface area contributed by atoms with Crippen LogP contribution in [0.25, 0.3) is 11.4 Å². The summed E-state index contributed by atoms with van der Waals surface area (Å²) in [5, 5.41) is 3.62. The summed E-state index contributed by atoms with van der Waals surface area (Å²) >= 11 is 5.80. The van der Waals surface area contributed by atoms with Crippen molar-refractivity contribution in [3.05, 3.63) is 58.7 Å². The number of methoxy groups -OCH3 is 1. The predicted octanol–water partition coefficient (Wildman–Crippen LogP) is 4.50. The number of esters is 1. The van der Waals surface area contributed by atoms with Crippen molar-refractivity contribution in [3.8, 4) is 22.9 Å². The zero-order valence-electron chi connectivity index (χ0n) is 14.7. The summed E-state index contributed by atoms with van der Waals surface area (Å²) in [6.07, 6.45) is 0. The highest BCUT2D eigenvalue weighted by Crippen LogP contribution is 2.32. The van der Waals surface area contributed by atoms with Gasteiger partial charge in [0.2, 0.25) is 5.82 Å². The van der Waals surface area contributed by atoms with Crippen LogP contribution >= 0.6 is 11.6 Å². The van der Waals surface area contributed by atoms with Crippen LogP contribution in [0.2, 0.25) is 5.02 Å². The topological polar surface area (TPSA) is 83.7 Å². The fourth-order valence-electron chi connectivity index (χ4n) is 2.32. The highest BCUT2D eigenvalue weighted by Gasteiger charge is 2.19. The Hall–Kier alpha value is -3.27. The highest BCUT2D eigenvalue weighted by atomic mass is 35.5. The van der Waals surface area contributed by atoms with E-state index in [1.165, 1.54) is 37.4 Å². The van der Waals surface area contributed by atoms with Gasteiger partial charge in [0.05, 0.1) is 12.1 Å². The molecule has 11 heteroatoms. The maximum absolute atomic E-state index is 13.7. The minimum atomic E-state index is -3.01. The van der Waals surface area contributed by atoms with Crippen LogP contribution < -0.4 is 9.47 Å². The molecule has 0 radical (unpaired) electrons. The third-order valence-corrected chi connectivity index (χ3v) is 3.91. The van der Waals surface area contributed by atoms with Gasteiger partial charge in [-0.2, -0.15) is 13.8 Å². The van der Waals surface area contributed by atoms with Crippen LogP contribution in [-0.4, -0.2) is 29.8 Å². The largest absolute Gasteiger partial charge is 0.493 e. The van der Waals surface area contributed by atoms with Gasteiger partial charge >= 0.3 is 12.6 Å². The number of carbonyl (C=O) groups is 1. The molecule has 0 atom stereocenters. The van der Waals surface area contributed by atoms with E-state index in [2.05, 4.69) is 14.9 Å². The molecule has 0 N–H and O–H groups in total. The number of carbonyl (C=O) groups excluding carboxylic acids is 1. The van der Waals surface area contributed by atoms with E-state index in [1.54, 1.807) is 0 Å². The highest BCUT2D eigenvalue weighted by molar-refractivity contribution is 6.33. The molecule has 7 nitrogen and oxygen atoms in total. The van der Waals surface area contributed by atoms with E-state index in [0.29, 0.717) is 5.56 Å². The summed E-state index contributed by atoms with van der Waals surface area (Å²) in [5.41, 5.74) is -0.0322. The zero-order valence-corrected chi connectivity index (χ0v) is 15.5. The predicted molar refractivity (Wildman–Crippen MR) is 93.4 cm³/mol. The van der Waals surface area contributed by atoms with Crippen LogP contribution in [0.15, 0.2) is 40.9 Å². The summed E-state index contributed by atoms with van der Waals surface area (Å²) in [5.74, 6) is -1.94. The standard InChI is InChI=1S/C18H12ClF3N2O5/c1-26-13-7-9(5-6-12(13)28-18(21)22)16-23-14(29-24-16)8-27-17(25)15-10(19)3-2-4-11(15)20/h2-7,18H,8H2,1H3. The second kappa shape index (κ2) is 8.82. The third kappa shape index (κ3) is 4.77. The zero-order chi connectivity index (χ0) is 21.0. The van der Waals surface area contributed by atoms with E-state index in [4.69, 9.17) is 25.6 Å². The number of nitrogens with zero attached hydrogens (tertiary/aromatic N) is 2. The number of hydrogen-bond acceptors (Lipinski definition) is 7. The number of rotatable bonds is 7. The molecule has 0 bridgehead atoms. The minimum absolute atomic E-state index is 0.0368. The van der Waals surface area contributed by atoms with Gasteiger partial charge in [-0.05, 0) is 30.3 Å². The second-order valence-corrected chi connectivity index (χ2v) is 5.84. The number of benzene rings is 2. The van der Waals surface area contributed by atoms with E-state index in [1.807, 2.05) is 0 Å². The number of ether oxygens (including phenoxy) is 3. The van der Waals surface area contributed by atoms with Gasteiger partial charge in [-0.1, -0.05) is 22.8 Å². The van der Waals surface area contributed by atoms with Crippen LogP contribution in [-0.2, 0) is 11.3 Å². The van der Waals surface area contributed by atoms with E-state index in [0.717, 1.165) is 6.07 Å². The van der Waals surface area contributed by atoms with Gasteiger partial charge in [-0.3, -0.25) is 0 Å². The fraction of sp³-hybridized carbons (Fsp3) is 0.167. The lowest BCUT2D eigenvalue weighted by Gasteiger charge is -2.10. The molecule has 2 aromatic carbocycles. The Morgan fingerprint density at radius 1 is 1.24 bits per heavy atom. The van der Waals surface area contributed by atoms with Gasteiger partial charge in [-0.25, -0.2) is 9.18 Å². The molecule has 0 amide bonds. The Balaban J connectivity index is 1.72. The molecule has 3 aromatic rings. The van der Waals surface area contributed by atoms with Crippen LogP contribution in [0.3, 0.4) is 0 Å². The van der Waals surface area contributed by atoms with Gasteiger partial charge in [-0.15, -0.1) is 0 Å². The van der Waals surface area contributed by atoms with E-state index >= 15 is 0 Å². The smallest absolute Gasteiger partial charge is 0.387 e. The fourth-order valence-corrected chi connectivity index (χ4v) is 2.56. The molecule has 3 rings (SSSR count). The Morgan fingerprint density at radius 3 is 2.72 bits per heavy atom. The summed E-state index contributed by atoms with van der Waals surface area (Å²) in [6.45, 7) is -3.44. The quantitative estimate of drug-likeness (QED) is 0.512. The molecule has 0 spiro atoms. The molecule has 0 fully saturated rings. The molecule has 1 heterocycles. The van der Waals surface area contributed by atoms with Crippen LogP contribution in [0, 0.1) is 5.82 Å². The van der Waals surface area contributed by atoms with Crippen molar-refractivity contribution in [2.75, 3.05) is 7.11 Å². The SMILES string of the molecule is COc1cc(-c2noc(COC(=O)c3c(F)cccc3Cl)n2)ccc1OC(F)F. The lowest BCUT2D eigenvalue weighted by atomic mass is 10.2. The molecule has 0 aliphatic heterocycles. The Kier molecular flexibility index (Phi) is 6.23. The molecule has 1 aromatic heterocycles. The number of aromatic nitrogens is 2. The summed E-state index contributed by atoms with van der Waals surface area (Å²) in [4.78, 5) is 16.0. The second-order valence-electron chi connectivity index (χ2n) is 5.43. The molecule has 0 aliphatic carbocycles. The Labute approximate surface area is 166 Å². The number of alkyl halides is 2. The lowest BCUT2D eigenvalue weighted by molar-refractivity contribution is -0.0512. The van der Waals surface area contributed by atoms with Crippen molar-refractivity contribution in [1.29, 1.82) is 0 Å². The van der Waals surface area contributed by atoms with Gasteiger partial charge in [0.1, 0.15) is 11.4 Å². The maximum Gasteiger partial charge on any atom is 0.387 e. The number of halogens is 4. The van der Waals surface area contributed by atoms with Crippen molar-refractivity contribution in [2.45, 2.75) is 13.2 Å². The number of hydrogen-bond donors (Lipinski definition) is 0. The molecule has 152 valence electrons. The molecular weight excluding hydrogens is 417 g/mol. The van der Waals surface area contributed by atoms with E-state index < -0.39 is 30.6 Å². The van der Waals surface area contributed by atoms with E-state index in [-0.39, 0.29) is 28.2 Å². The van der Waals surface area contributed by atoms with Crippen LogP contribution in [0.5, 0.6) is 11.5 Å². The van der Waals surface area contributed by atoms with Crippen molar-refractivity contribution >= 4 is 17.6 Å². The van der Waals surface area contributed by atoms with Gasteiger partial charge in [0.15, 0.2) is 18.1 Å². The van der Waals surface area contributed by atoms with Crippen molar-refractivity contribution in [3.63, 3.8) is 0 Å². The molecule has 29 heavy (non-hydrogen) atoms. The normalized spacial score (nSPS) is 10.8. The first-order valence-corrected chi connectivity index (χ1v) is 8.33. The van der Waals surface area contributed by atoms with Crippen molar-refractivity contribution in [1.82, 2.24) is 10.1 Å². The lowest BCUT2D eigenvalue weighted by Crippen LogP contribution is -2.08. The van der Waals surface area contributed by atoms with Crippen molar-refractivity contribution in [2.24, 2.45) is 0 Å². The average Bonchev–Trinajstić information content (AvgIpc) is 3.15. The summed E-state index contributed by atoms with van der Waals surface area (Å²) in [6, 6.07) is 7.82. The summed E-state index contributed by atoms with van der Waals surface area (Å²) < 4.78 is 57.8. The third-order valence-electron chi connectivity index (χ3n) is 3.60. The monoisotopic (exact) mass is 428 g/mol. The average molecular weight is 429 g/mol. The molecule has 0 unspecified atom stereocenters. The minimum Gasteiger partial charge on any atom is -0.493 e. The molecule has 0 saturated carbocycles. The van der Waals surface area contributed by atoms with Gasteiger partial charge < -0.3 is 18.7 Å². The van der Waals surface area contributed by atoms with Crippen molar-refractivity contribution < 1.29 is 36.7 Å². The van der Waals surface area contributed by atoms with Gasteiger partial charge in [0.25, 0.3) is 5.89 Å². The molecule has 0 saturated heterocycles. The molecule has 0 aliphatic rings. The first kappa shape index (κ1) is 20.5. The van der Waals surface area contributed by atoms with Crippen LogP contribution in [0.4, 0.5) is 13.2 Å². The summed E-state index contributed by atoms with van der Waals surface area (Å²) in [7, 11) is 1.28. The van der Waals surface area contributed by atoms with Gasteiger partial charge in [0, 0.05) is 5.56 Å². The van der Waals surface area contributed by atoms with Crippen LogP contribution in [0.1, 0.15) is 16.2 Å². The Bertz CT molecular complexity index is 1010. The molecular formula is C18H12ClF3N2O5. The van der Waals surface area contributed by atoms with E-state index in [9.17, 15) is 18.0 Å². The Morgan fingerprint density at radius 2 is 2.03 bits per heavy atom. The first-order chi connectivity index (χ1) is 13.9. The maximum atomic E-state index is 13.7.